The van der Waals surface area contributed by atoms with Gasteiger partial charge in [0.1, 0.15) is 0 Å². The van der Waals surface area contributed by atoms with Crippen LogP contribution < -0.4 is 0 Å². The van der Waals surface area contributed by atoms with E-state index in [1.165, 1.54) is 0 Å². The van der Waals surface area contributed by atoms with Gasteiger partial charge in [0.05, 0.1) is 0 Å². The van der Waals surface area contributed by atoms with Crippen molar-refractivity contribution >= 4 is 15.2 Å². The number of hydrogen-bond donors (Lipinski definition) is 4. The van der Waals surface area contributed by atoms with Crippen molar-refractivity contribution in [1.82, 2.24) is 0 Å². The van der Waals surface area contributed by atoms with E-state index in [0.29, 0.717) is 0 Å². The average Bonchev–Trinajstić information content (AvgIpc) is 2.00. The second-order valence-corrected chi connectivity index (χ2v) is 6.47. The minimum Gasteiger partial charge on any atom is -0.324 e. The van der Waals surface area contributed by atoms with Crippen LogP contribution >= 0.6 is 15.2 Å². The summed E-state index contributed by atoms with van der Waals surface area (Å²) in [5, 5.41) is 13.9. The van der Waals surface area contributed by atoms with Gasteiger partial charge in [0, 0.05) is 0 Å². The SMILES string of the molecule is CC(P(=O)(O)O)P(=O)(OO)OO. The van der Waals surface area contributed by atoms with Crippen molar-refractivity contribution in [3.8, 4) is 0 Å². The Morgan fingerprint density at radius 2 is 1.50 bits per heavy atom. The van der Waals surface area contributed by atoms with Gasteiger partial charge in [-0.2, -0.15) is 0 Å². The van der Waals surface area contributed by atoms with Gasteiger partial charge in [0.25, 0.3) is 0 Å². The van der Waals surface area contributed by atoms with Crippen molar-refractivity contribution in [2.45, 2.75) is 12.3 Å². The lowest BCUT2D eigenvalue weighted by Crippen LogP contribution is -2.07. The van der Waals surface area contributed by atoms with Gasteiger partial charge in [-0.3, -0.25) is 9.13 Å². The van der Waals surface area contributed by atoms with Gasteiger partial charge in [-0.1, -0.05) is 0 Å². The Hall–Kier alpha value is 0.220. The normalized spacial score (nSPS) is 16.1. The van der Waals surface area contributed by atoms with Crippen LogP contribution in [0.25, 0.3) is 0 Å². The molecule has 0 aliphatic carbocycles. The zero-order valence-corrected chi connectivity index (χ0v) is 7.68. The van der Waals surface area contributed by atoms with Crippen LogP contribution in [0.5, 0.6) is 0 Å². The summed E-state index contributed by atoms with van der Waals surface area (Å²) in [7, 11) is -9.29. The molecule has 0 spiro atoms. The lowest BCUT2D eigenvalue weighted by Gasteiger charge is -2.17. The number of rotatable bonds is 4. The summed E-state index contributed by atoms with van der Waals surface area (Å²) in [6.07, 6.45) is 0. The maximum absolute atomic E-state index is 10.9. The molecule has 74 valence electrons. The van der Waals surface area contributed by atoms with Gasteiger partial charge < -0.3 is 9.79 Å². The van der Waals surface area contributed by atoms with Crippen LogP contribution in [0.3, 0.4) is 0 Å². The topological polar surface area (TPSA) is 134 Å². The molecule has 10 heteroatoms. The predicted octanol–water partition coefficient (Wildman–Crippen LogP) is 0.682. The molecule has 12 heavy (non-hydrogen) atoms. The van der Waals surface area contributed by atoms with Crippen LogP contribution in [0.15, 0.2) is 0 Å². The molecule has 0 aromatic rings. The highest BCUT2D eigenvalue weighted by atomic mass is 31.2. The summed E-state index contributed by atoms with van der Waals surface area (Å²) in [6, 6.07) is 0. The van der Waals surface area contributed by atoms with E-state index < -0.39 is 20.6 Å². The molecular weight excluding hydrogens is 214 g/mol. The molecule has 0 aromatic heterocycles. The highest BCUT2D eigenvalue weighted by Crippen LogP contribution is 2.64. The molecular formula is C2H8O8P2. The summed E-state index contributed by atoms with van der Waals surface area (Å²) in [5.41, 5.74) is 0. The quantitative estimate of drug-likeness (QED) is 0.310. The molecule has 1 atom stereocenters. The van der Waals surface area contributed by atoms with Crippen LogP contribution in [0.4, 0.5) is 0 Å². The van der Waals surface area contributed by atoms with Gasteiger partial charge in [0.2, 0.25) is 0 Å². The van der Waals surface area contributed by atoms with Crippen molar-refractivity contribution in [3.63, 3.8) is 0 Å². The van der Waals surface area contributed by atoms with Crippen molar-refractivity contribution in [2.75, 3.05) is 0 Å². The minimum atomic E-state index is -4.74. The molecule has 0 saturated heterocycles. The predicted molar refractivity (Wildman–Crippen MR) is 36.5 cm³/mol. The Morgan fingerprint density at radius 1 is 1.17 bits per heavy atom. The van der Waals surface area contributed by atoms with E-state index in [4.69, 9.17) is 20.3 Å². The van der Waals surface area contributed by atoms with Gasteiger partial charge in [-0.25, -0.2) is 10.5 Å². The molecule has 8 nitrogen and oxygen atoms in total. The third-order valence-electron chi connectivity index (χ3n) is 1.17. The second-order valence-electron chi connectivity index (χ2n) is 1.92. The minimum absolute atomic E-state index is 0.800. The van der Waals surface area contributed by atoms with E-state index >= 15 is 0 Å². The van der Waals surface area contributed by atoms with Gasteiger partial charge in [-0.05, 0) is 6.92 Å². The fraction of sp³-hybridized carbons (Fsp3) is 1.00. The van der Waals surface area contributed by atoms with Gasteiger partial charge in [-0.15, -0.1) is 9.35 Å². The summed E-state index contributed by atoms with van der Waals surface area (Å²) in [6.45, 7) is 0.800. The first-order valence-corrected chi connectivity index (χ1v) is 5.88. The van der Waals surface area contributed by atoms with Crippen molar-refractivity contribution in [1.29, 1.82) is 0 Å². The van der Waals surface area contributed by atoms with E-state index in [1.807, 2.05) is 0 Å². The molecule has 0 saturated carbocycles. The highest BCUT2D eigenvalue weighted by Gasteiger charge is 2.45. The van der Waals surface area contributed by atoms with Crippen LogP contribution in [0, 0.1) is 0 Å². The van der Waals surface area contributed by atoms with Crippen LogP contribution in [-0.2, 0) is 18.5 Å². The maximum Gasteiger partial charge on any atom is 0.398 e. The Kier molecular flexibility index (Phi) is 4.02. The molecule has 0 aromatic carbocycles. The molecule has 0 fully saturated rings. The van der Waals surface area contributed by atoms with E-state index in [-0.39, 0.29) is 0 Å². The Balaban J connectivity index is 4.78. The molecule has 4 N–H and O–H groups in total. The van der Waals surface area contributed by atoms with Gasteiger partial charge >= 0.3 is 15.2 Å². The molecule has 0 bridgehead atoms. The standard InChI is InChI=1S/C2H8O8P2/c1-2(11(5,6)7)12(8,9-3)10-4/h2-4H,1H3,(H2,5,6,7). The zero-order chi connectivity index (χ0) is 9.99. The van der Waals surface area contributed by atoms with E-state index in [1.54, 1.807) is 0 Å². The fourth-order valence-electron chi connectivity index (χ4n) is 0.336. The first-order valence-electron chi connectivity index (χ1n) is 2.59. The van der Waals surface area contributed by atoms with Crippen molar-refractivity contribution in [3.05, 3.63) is 0 Å². The Morgan fingerprint density at radius 3 is 1.58 bits per heavy atom. The molecule has 0 rings (SSSR count). The van der Waals surface area contributed by atoms with Crippen molar-refractivity contribution < 1.29 is 38.8 Å². The van der Waals surface area contributed by atoms with E-state index in [2.05, 4.69) is 9.35 Å². The fourth-order valence-corrected chi connectivity index (χ4v) is 2.37. The Labute approximate surface area is 67.3 Å². The lowest BCUT2D eigenvalue weighted by atomic mass is 11.0. The third-order valence-corrected chi connectivity index (χ3v) is 5.27. The lowest BCUT2D eigenvalue weighted by molar-refractivity contribution is -0.208. The maximum atomic E-state index is 10.9. The van der Waals surface area contributed by atoms with Crippen LogP contribution in [0.1, 0.15) is 6.92 Å². The zero-order valence-electron chi connectivity index (χ0n) is 5.89. The van der Waals surface area contributed by atoms with Crippen LogP contribution in [0.2, 0.25) is 0 Å². The largest absolute Gasteiger partial charge is 0.398 e. The number of hydrogen-bond acceptors (Lipinski definition) is 6. The van der Waals surface area contributed by atoms with Crippen LogP contribution in [-0.4, -0.2) is 25.7 Å². The molecule has 1 unspecified atom stereocenters. The smallest absolute Gasteiger partial charge is 0.324 e. The summed E-state index contributed by atoms with van der Waals surface area (Å²) < 4.78 is 27.6. The summed E-state index contributed by atoms with van der Waals surface area (Å²) >= 11 is 0. The molecule has 0 aliphatic rings. The third kappa shape index (κ3) is 2.62. The first-order chi connectivity index (χ1) is 5.28. The Bertz CT molecular complexity index is 221. The summed E-state index contributed by atoms with van der Waals surface area (Å²) in [4.78, 5) is 16.9. The van der Waals surface area contributed by atoms with Crippen molar-refractivity contribution in [2.24, 2.45) is 0 Å². The monoisotopic (exact) mass is 222 g/mol. The molecule has 0 aliphatic heterocycles. The molecule has 0 radical (unpaired) electrons. The van der Waals surface area contributed by atoms with E-state index in [0.717, 1.165) is 6.92 Å². The molecule has 0 amide bonds. The molecule has 0 heterocycles. The average molecular weight is 222 g/mol. The second kappa shape index (κ2) is 3.95. The highest BCUT2D eigenvalue weighted by molar-refractivity contribution is 7.71. The van der Waals surface area contributed by atoms with E-state index in [9.17, 15) is 9.13 Å². The summed E-state index contributed by atoms with van der Waals surface area (Å²) in [5.74, 6) is 0. The first kappa shape index (κ1) is 12.2. The van der Waals surface area contributed by atoms with Gasteiger partial charge in [0.15, 0.2) is 5.40 Å².